The van der Waals surface area contributed by atoms with E-state index in [0.717, 1.165) is 6.42 Å². The Hall–Kier alpha value is -2.09. The number of anilines is 1. The van der Waals surface area contributed by atoms with E-state index >= 15 is 0 Å². The second-order valence-corrected chi connectivity index (χ2v) is 3.91. The Morgan fingerprint density at radius 3 is 2.61 bits per heavy atom. The number of H-pyrrole nitrogens is 1. The Balaban J connectivity index is 2.91. The molecule has 2 aromatic heterocycles. The van der Waals surface area contributed by atoms with Crippen LogP contribution in [0, 0.1) is 0 Å². The van der Waals surface area contributed by atoms with Crippen molar-refractivity contribution in [3.63, 3.8) is 0 Å². The van der Waals surface area contributed by atoms with Crippen molar-refractivity contribution in [2.24, 2.45) is 5.84 Å². The van der Waals surface area contributed by atoms with E-state index in [9.17, 15) is 9.59 Å². The molecule has 4 N–H and O–H groups in total. The maximum Gasteiger partial charge on any atom is 0.330 e. The quantitative estimate of drug-likeness (QED) is 0.506. The van der Waals surface area contributed by atoms with Crippen molar-refractivity contribution in [3.8, 4) is 0 Å². The van der Waals surface area contributed by atoms with Gasteiger partial charge in [-0.25, -0.2) is 10.6 Å². The van der Waals surface area contributed by atoms with Crippen LogP contribution in [0.4, 0.5) is 5.95 Å². The molecule has 2 heterocycles. The van der Waals surface area contributed by atoms with Crippen molar-refractivity contribution >= 4 is 17.1 Å². The summed E-state index contributed by atoms with van der Waals surface area (Å²) in [4.78, 5) is 30.1. The number of rotatable bonds is 4. The van der Waals surface area contributed by atoms with Crippen molar-refractivity contribution in [3.05, 3.63) is 20.8 Å². The fraction of sp³-hybridized carbons (Fsp3) is 0.500. The molecule has 0 aliphatic heterocycles. The van der Waals surface area contributed by atoms with E-state index in [1.807, 2.05) is 13.8 Å². The van der Waals surface area contributed by atoms with E-state index in [2.05, 4.69) is 15.4 Å². The molecule has 0 fully saturated rings. The summed E-state index contributed by atoms with van der Waals surface area (Å²) in [6.07, 6.45) is 0.769. The van der Waals surface area contributed by atoms with E-state index < -0.39 is 11.2 Å². The van der Waals surface area contributed by atoms with Gasteiger partial charge in [-0.3, -0.25) is 19.8 Å². The summed E-state index contributed by atoms with van der Waals surface area (Å²) in [6.45, 7) is 4.85. The zero-order chi connectivity index (χ0) is 13.3. The molecule has 0 aliphatic carbocycles. The second-order valence-electron chi connectivity index (χ2n) is 3.91. The van der Waals surface area contributed by atoms with Crippen LogP contribution in [0.3, 0.4) is 0 Å². The van der Waals surface area contributed by atoms with Crippen LogP contribution in [0.15, 0.2) is 9.59 Å². The molecule has 18 heavy (non-hydrogen) atoms. The van der Waals surface area contributed by atoms with Crippen LogP contribution in [0.1, 0.15) is 20.3 Å². The smallest absolute Gasteiger partial charge is 0.304 e. The lowest BCUT2D eigenvalue weighted by Gasteiger charge is -2.05. The van der Waals surface area contributed by atoms with Crippen molar-refractivity contribution in [2.75, 3.05) is 5.43 Å². The van der Waals surface area contributed by atoms with Gasteiger partial charge in [0.05, 0.1) is 0 Å². The molecule has 0 aliphatic rings. The molecule has 0 saturated heterocycles. The molecule has 0 aromatic carbocycles. The molecule has 2 rings (SSSR count). The standard InChI is InChI=1S/C10H16N6O2/c1-3-5-16-7-6(8(17)13-10(16)18)15(4-2)9(12-7)14-11/h3-5,11H2,1-2H3,(H,12,14)(H,13,17,18). The number of aromatic nitrogens is 4. The minimum absolute atomic E-state index is 0.360. The van der Waals surface area contributed by atoms with Crippen LogP contribution in [0.5, 0.6) is 0 Å². The third kappa shape index (κ3) is 1.70. The summed E-state index contributed by atoms with van der Waals surface area (Å²) < 4.78 is 3.09. The molecular weight excluding hydrogens is 236 g/mol. The lowest BCUT2D eigenvalue weighted by atomic mass is 10.4. The molecule has 8 nitrogen and oxygen atoms in total. The summed E-state index contributed by atoms with van der Waals surface area (Å²) in [7, 11) is 0. The van der Waals surface area contributed by atoms with E-state index in [1.165, 1.54) is 4.57 Å². The number of nitrogens with two attached hydrogens (primary N) is 1. The fourth-order valence-electron chi connectivity index (χ4n) is 2.02. The van der Waals surface area contributed by atoms with Crippen molar-refractivity contribution in [2.45, 2.75) is 33.4 Å². The van der Waals surface area contributed by atoms with Crippen LogP contribution in [0.2, 0.25) is 0 Å². The summed E-state index contributed by atoms with van der Waals surface area (Å²) in [5.41, 5.74) is 2.27. The number of imidazole rings is 1. The van der Waals surface area contributed by atoms with Gasteiger partial charge in [-0.1, -0.05) is 6.92 Å². The first-order valence-electron chi connectivity index (χ1n) is 5.84. The summed E-state index contributed by atoms with van der Waals surface area (Å²) in [6, 6.07) is 0. The van der Waals surface area contributed by atoms with Crippen LogP contribution >= 0.6 is 0 Å². The van der Waals surface area contributed by atoms with Gasteiger partial charge in [0.2, 0.25) is 5.95 Å². The van der Waals surface area contributed by atoms with Gasteiger partial charge >= 0.3 is 5.69 Å². The maximum atomic E-state index is 11.9. The van der Waals surface area contributed by atoms with Crippen molar-refractivity contribution < 1.29 is 0 Å². The van der Waals surface area contributed by atoms with E-state index in [4.69, 9.17) is 5.84 Å². The number of hydrazine groups is 1. The molecule has 0 bridgehead atoms. The summed E-state index contributed by atoms with van der Waals surface area (Å²) in [5.74, 6) is 5.74. The van der Waals surface area contributed by atoms with Gasteiger partial charge in [-0.2, -0.15) is 4.98 Å². The number of hydrogen-bond donors (Lipinski definition) is 3. The van der Waals surface area contributed by atoms with Gasteiger partial charge < -0.3 is 4.57 Å². The number of fused-ring (bicyclic) bond motifs is 1. The molecular formula is C10H16N6O2. The highest BCUT2D eigenvalue weighted by atomic mass is 16.2. The van der Waals surface area contributed by atoms with Gasteiger partial charge in [0.25, 0.3) is 5.56 Å². The van der Waals surface area contributed by atoms with E-state index in [0.29, 0.717) is 30.2 Å². The van der Waals surface area contributed by atoms with Crippen molar-refractivity contribution in [1.82, 2.24) is 19.1 Å². The minimum Gasteiger partial charge on any atom is -0.304 e. The second kappa shape index (κ2) is 4.65. The van der Waals surface area contributed by atoms with Crippen LogP contribution < -0.4 is 22.5 Å². The topological polar surface area (TPSA) is 111 Å². The first-order chi connectivity index (χ1) is 8.63. The van der Waals surface area contributed by atoms with Gasteiger partial charge in [0.1, 0.15) is 0 Å². The molecule has 98 valence electrons. The van der Waals surface area contributed by atoms with Crippen molar-refractivity contribution in [1.29, 1.82) is 0 Å². The molecule has 0 radical (unpaired) electrons. The van der Waals surface area contributed by atoms with E-state index in [-0.39, 0.29) is 0 Å². The Morgan fingerprint density at radius 2 is 2.06 bits per heavy atom. The predicted molar refractivity (Wildman–Crippen MR) is 68.4 cm³/mol. The van der Waals surface area contributed by atoms with E-state index in [1.54, 1.807) is 4.57 Å². The lowest BCUT2D eigenvalue weighted by Crippen LogP contribution is -2.31. The van der Waals surface area contributed by atoms with Gasteiger partial charge in [0.15, 0.2) is 11.2 Å². The number of hydrogen-bond acceptors (Lipinski definition) is 5. The highest BCUT2D eigenvalue weighted by molar-refractivity contribution is 5.74. The van der Waals surface area contributed by atoms with Crippen LogP contribution in [0.25, 0.3) is 11.2 Å². The average Bonchev–Trinajstić information content (AvgIpc) is 2.73. The third-order valence-electron chi connectivity index (χ3n) is 2.78. The normalized spacial score (nSPS) is 11.1. The number of nitrogens with one attached hydrogen (secondary N) is 2. The molecule has 0 spiro atoms. The third-order valence-corrected chi connectivity index (χ3v) is 2.78. The van der Waals surface area contributed by atoms with Crippen LogP contribution in [-0.2, 0) is 13.1 Å². The first kappa shape index (κ1) is 12.4. The maximum absolute atomic E-state index is 11.9. The molecule has 0 unspecified atom stereocenters. The zero-order valence-electron chi connectivity index (χ0n) is 10.4. The molecule has 0 saturated carbocycles. The monoisotopic (exact) mass is 252 g/mol. The van der Waals surface area contributed by atoms with Gasteiger partial charge in [-0.15, -0.1) is 0 Å². The zero-order valence-corrected chi connectivity index (χ0v) is 10.4. The number of aromatic amines is 1. The van der Waals surface area contributed by atoms with Gasteiger partial charge in [0, 0.05) is 13.1 Å². The SMILES string of the molecule is CCCn1c(=O)[nH]c(=O)c2c1nc(NN)n2CC. The Bertz CT molecular complexity index is 680. The highest BCUT2D eigenvalue weighted by Gasteiger charge is 2.16. The number of aryl methyl sites for hydroxylation is 2. The fourth-order valence-corrected chi connectivity index (χ4v) is 2.02. The Labute approximate surface area is 102 Å². The average molecular weight is 252 g/mol. The summed E-state index contributed by atoms with van der Waals surface area (Å²) in [5, 5.41) is 0. The molecule has 2 aromatic rings. The van der Waals surface area contributed by atoms with Crippen LogP contribution in [-0.4, -0.2) is 19.1 Å². The number of nitrogens with zero attached hydrogens (tertiary/aromatic N) is 3. The Kier molecular flexibility index (Phi) is 3.19. The first-order valence-corrected chi connectivity index (χ1v) is 5.84. The summed E-state index contributed by atoms with van der Waals surface area (Å²) >= 11 is 0. The Morgan fingerprint density at radius 1 is 1.33 bits per heavy atom. The lowest BCUT2D eigenvalue weighted by molar-refractivity contribution is 0.651. The molecule has 0 amide bonds. The molecule has 8 heteroatoms. The van der Waals surface area contributed by atoms with Gasteiger partial charge in [-0.05, 0) is 13.3 Å². The largest absolute Gasteiger partial charge is 0.330 e. The predicted octanol–water partition coefficient (Wildman–Crippen LogP) is -0.398. The number of nitrogen functional groups attached to an aromatic ring is 1. The highest BCUT2D eigenvalue weighted by Crippen LogP contribution is 2.14. The minimum atomic E-state index is -0.446. The molecule has 0 atom stereocenters.